The Bertz CT molecular complexity index is 480. The van der Waals surface area contributed by atoms with Gasteiger partial charge in [0.1, 0.15) is 5.82 Å². The third-order valence-corrected chi connectivity index (χ3v) is 4.62. The Kier molecular flexibility index (Phi) is 3.73. The zero-order valence-corrected chi connectivity index (χ0v) is 12.8. The standard InChI is InChI=1S/C15H26N4O/c1-10-9-19(7-6-14(10)20)15-13(8-16-12-4-5-12)11(2)17-18(15)3/h10,12,14,16,20H,4-9H2,1-3H3. The van der Waals surface area contributed by atoms with Crippen molar-refractivity contribution in [2.24, 2.45) is 13.0 Å². The van der Waals surface area contributed by atoms with Gasteiger partial charge in [0.05, 0.1) is 11.8 Å². The van der Waals surface area contributed by atoms with Gasteiger partial charge in [-0.1, -0.05) is 6.92 Å². The highest BCUT2D eigenvalue weighted by Crippen LogP contribution is 2.29. The van der Waals surface area contributed by atoms with Gasteiger partial charge >= 0.3 is 0 Å². The van der Waals surface area contributed by atoms with E-state index < -0.39 is 0 Å². The molecule has 5 heteroatoms. The number of aliphatic hydroxyl groups is 1. The fraction of sp³-hybridized carbons (Fsp3) is 0.800. The summed E-state index contributed by atoms with van der Waals surface area (Å²) in [4.78, 5) is 2.39. The van der Waals surface area contributed by atoms with Crippen LogP contribution in [0.2, 0.25) is 0 Å². The average molecular weight is 278 g/mol. The van der Waals surface area contributed by atoms with E-state index in [1.54, 1.807) is 0 Å². The van der Waals surface area contributed by atoms with Gasteiger partial charge in [-0.25, -0.2) is 0 Å². The maximum Gasteiger partial charge on any atom is 0.131 e. The fourth-order valence-electron chi connectivity index (χ4n) is 3.15. The van der Waals surface area contributed by atoms with Crippen molar-refractivity contribution in [2.75, 3.05) is 18.0 Å². The molecule has 2 unspecified atom stereocenters. The van der Waals surface area contributed by atoms with E-state index in [1.807, 2.05) is 11.7 Å². The molecule has 112 valence electrons. The molecule has 1 aromatic heterocycles. The largest absolute Gasteiger partial charge is 0.393 e. The molecule has 1 saturated carbocycles. The van der Waals surface area contributed by atoms with Gasteiger partial charge in [0.15, 0.2) is 0 Å². The van der Waals surface area contributed by atoms with Crippen LogP contribution >= 0.6 is 0 Å². The molecule has 5 nitrogen and oxygen atoms in total. The van der Waals surface area contributed by atoms with Crippen molar-refractivity contribution in [3.8, 4) is 0 Å². The molecule has 0 aromatic carbocycles. The Morgan fingerprint density at radius 2 is 2.10 bits per heavy atom. The predicted molar refractivity (Wildman–Crippen MR) is 79.8 cm³/mol. The van der Waals surface area contributed by atoms with Gasteiger partial charge in [-0.05, 0) is 32.1 Å². The van der Waals surface area contributed by atoms with Crippen LogP contribution in [0.1, 0.15) is 37.4 Å². The van der Waals surface area contributed by atoms with Crippen LogP contribution in [0.15, 0.2) is 0 Å². The summed E-state index contributed by atoms with van der Waals surface area (Å²) in [7, 11) is 2.03. The van der Waals surface area contributed by atoms with Gasteiger partial charge in [0.2, 0.25) is 0 Å². The first-order chi connectivity index (χ1) is 9.56. The van der Waals surface area contributed by atoms with Crippen LogP contribution in [0.5, 0.6) is 0 Å². The van der Waals surface area contributed by atoms with E-state index in [0.29, 0.717) is 12.0 Å². The number of piperidine rings is 1. The lowest BCUT2D eigenvalue weighted by Gasteiger charge is -2.36. The van der Waals surface area contributed by atoms with Crippen molar-refractivity contribution >= 4 is 5.82 Å². The second kappa shape index (κ2) is 5.37. The minimum atomic E-state index is -0.159. The smallest absolute Gasteiger partial charge is 0.131 e. The summed E-state index contributed by atoms with van der Waals surface area (Å²) >= 11 is 0. The molecular weight excluding hydrogens is 252 g/mol. The van der Waals surface area contributed by atoms with Gasteiger partial charge in [-0.3, -0.25) is 4.68 Å². The lowest BCUT2D eigenvalue weighted by atomic mass is 9.96. The summed E-state index contributed by atoms with van der Waals surface area (Å²) in [6.07, 6.45) is 3.30. The lowest BCUT2D eigenvalue weighted by molar-refractivity contribution is 0.0966. The first-order valence-electron chi connectivity index (χ1n) is 7.75. The van der Waals surface area contributed by atoms with E-state index in [0.717, 1.165) is 31.7 Å². The summed E-state index contributed by atoms with van der Waals surface area (Å²) in [6.45, 7) is 6.96. The zero-order valence-electron chi connectivity index (χ0n) is 12.8. The number of aromatic nitrogens is 2. The van der Waals surface area contributed by atoms with Crippen molar-refractivity contribution in [2.45, 2.75) is 51.8 Å². The van der Waals surface area contributed by atoms with Crippen LogP contribution in [0, 0.1) is 12.8 Å². The molecule has 3 rings (SSSR count). The number of nitrogens with zero attached hydrogens (tertiary/aromatic N) is 3. The van der Waals surface area contributed by atoms with Gasteiger partial charge < -0.3 is 15.3 Å². The van der Waals surface area contributed by atoms with E-state index in [2.05, 4.69) is 29.2 Å². The molecule has 20 heavy (non-hydrogen) atoms. The monoisotopic (exact) mass is 278 g/mol. The normalized spacial score (nSPS) is 27.1. The van der Waals surface area contributed by atoms with Crippen LogP contribution in [-0.4, -0.2) is 40.1 Å². The number of anilines is 1. The Morgan fingerprint density at radius 3 is 2.75 bits per heavy atom. The maximum absolute atomic E-state index is 9.91. The van der Waals surface area contributed by atoms with Crippen LogP contribution in [-0.2, 0) is 13.6 Å². The third kappa shape index (κ3) is 2.69. The molecule has 1 aliphatic carbocycles. The highest BCUT2D eigenvalue weighted by Gasteiger charge is 2.29. The average Bonchev–Trinajstić information content (AvgIpc) is 3.17. The zero-order chi connectivity index (χ0) is 14.3. The van der Waals surface area contributed by atoms with Crippen molar-refractivity contribution in [3.05, 3.63) is 11.3 Å². The number of rotatable bonds is 4. The van der Waals surface area contributed by atoms with E-state index in [1.165, 1.54) is 24.2 Å². The molecule has 0 amide bonds. The van der Waals surface area contributed by atoms with Crippen LogP contribution < -0.4 is 10.2 Å². The Labute approximate surface area is 121 Å². The van der Waals surface area contributed by atoms with E-state index in [-0.39, 0.29) is 6.10 Å². The molecule has 2 fully saturated rings. The summed E-state index contributed by atoms with van der Waals surface area (Å²) in [5, 5.41) is 18.1. The number of aliphatic hydroxyl groups excluding tert-OH is 1. The summed E-state index contributed by atoms with van der Waals surface area (Å²) in [5.41, 5.74) is 2.44. The van der Waals surface area contributed by atoms with Crippen molar-refractivity contribution in [1.29, 1.82) is 0 Å². The van der Waals surface area contributed by atoms with Crippen LogP contribution in [0.3, 0.4) is 0 Å². The van der Waals surface area contributed by atoms with E-state index >= 15 is 0 Å². The number of hydrogen-bond donors (Lipinski definition) is 2. The maximum atomic E-state index is 9.91. The van der Waals surface area contributed by atoms with Crippen LogP contribution in [0.4, 0.5) is 5.82 Å². The van der Waals surface area contributed by atoms with E-state index in [9.17, 15) is 5.11 Å². The summed E-state index contributed by atoms with van der Waals surface area (Å²) in [5.74, 6) is 1.55. The second-order valence-corrected chi connectivity index (χ2v) is 6.45. The quantitative estimate of drug-likeness (QED) is 0.868. The summed E-state index contributed by atoms with van der Waals surface area (Å²) < 4.78 is 2.00. The first kappa shape index (κ1) is 13.9. The van der Waals surface area contributed by atoms with Gasteiger partial charge in [0, 0.05) is 38.3 Å². The molecule has 2 N–H and O–H groups in total. The number of nitrogens with one attached hydrogen (secondary N) is 1. The molecule has 0 radical (unpaired) electrons. The van der Waals surface area contributed by atoms with Gasteiger partial charge in [0.25, 0.3) is 0 Å². The molecule has 1 aromatic rings. The first-order valence-corrected chi connectivity index (χ1v) is 7.75. The van der Waals surface area contributed by atoms with Crippen molar-refractivity contribution < 1.29 is 5.11 Å². The Balaban J connectivity index is 1.79. The minimum Gasteiger partial charge on any atom is -0.393 e. The van der Waals surface area contributed by atoms with E-state index in [4.69, 9.17) is 0 Å². The van der Waals surface area contributed by atoms with Gasteiger partial charge in [-0.15, -0.1) is 0 Å². The third-order valence-electron chi connectivity index (χ3n) is 4.62. The number of hydrogen-bond acceptors (Lipinski definition) is 4. The van der Waals surface area contributed by atoms with Gasteiger partial charge in [-0.2, -0.15) is 5.10 Å². The summed E-state index contributed by atoms with van der Waals surface area (Å²) in [6, 6.07) is 0.713. The molecule has 2 heterocycles. The van der Waals surface area contributed by atoms with Crippen molar-refractivity contribution in [1.82, 2.24) is 15.1 Å². The molecule has 0 bridgehead atoms. The number of aryl methyl sites for hydroxylation is 2. The lowest BCUT2D eigenvalue weighted by Crippen LogP contribution is -2.43. The van der Waals surface area contributed by atoms with Crippen LogP contribution in [0.25, 0.3) is 0 Å². The highest BCUT2D eigenvalue weighted by atomic mass is 16.3. The molecule has 0 spiro atoms. The predicted octanol–water partition coefficient (Wildman–Crippen LogP) is 1.19. The second-order valence-electron chi connectivity index (χ2n) is 6.45. The Morgan fingerprint density at radius 1 is 1.35 bits per heavy atom. The Hall–Kier alpha value is -1.07. The molecule has 2 aliphatic rings. The minimum absolute atomic E-state index is 0.159. The fourth-order valence-corrected chi connectivity index (χ4v) is 3.15. The van der Waals surface area contributed by atoms with Crippen molar-refractivity contribution in [3.63, 3.8) is 0 Å². The molecule has 1 aliphatic heterocycles. The topological polar surface area (TPSA) is 53.3 Å². The highest BCUT2D eigenvalue weighted by molar-refractivity contribution is 5.50. The SMILES string of the molecule is Cc1nn(C)c(N2CCC(O)C(C)C2)c1CNC1CC1. The molecule has 2 atom stereocenters. The molecule has 1 saturated heterocycles. The molecular formula is C15H26N4O.